The Morgan fingerprint density at radius 1 is 1.43 bits per heavy atom. The molecule has 7 heavy (non-hydrogen) atoms. The zero-order valence-electron chi connectivity index (χ0n) is 5.65. The smallest absolute Gasteiger partial charge is 0.390 e. The van der Waals surface area contributed by atoms with Crippen LogP contribution in [0.25, 0.3) is 0 Å². The van der Waals surface area contributed by atoms with Crippen LogP contribution in [-0.2, 0) is 0 Å². The second kappa shape index (κ2) is 4.47. The topological polar surface area (TPSA) is 20.2 Å². The molecule has 0 saturated carbocycles. The molecule has 1 N–H and O–H groups in total. The summed E-state index contributed by atoms with van der Waals surface area (Å²) in [7, 11) is 0. The van der Waals surface area contributed by atoms with Crippen LogP contribution in [0.1, 0.15) is 27.2 Å². The van der Waals surface area contributed by atoms with Crippen LogP contribution >= 0.6 is 0 Å². The average molecular weight is 127 g/mol. The molecule has 0 aromatic carbocycles. The maximum absolute atomic E-state index is 8.83. The number of hydrogen-bond acceptors (Lipinski definition) is 1. The third-order valence-electron chi connectivity index (χ3n) is 0.865. The van der Waals surface area contributed by atoms with Gasteiger partial charge in [-0.15, -0.1) is 0 Å². The van der Waals surface area contributed by atoms with Gasteiger partial charge in [-0.2, -0.15) is 0 Å². The van der Waals surface area contributed by atoms with Gasteiger partial charge in [-0.25, -0.2) is 0 Å². The van der Waals surface area contributed by atoms with Gasteiger partial charge in [0.2, 0.25) is 0 Å². The second-order valence-corrected chi connectivity index (χ2v) is 2.17. The fraction of sp³-hybridized carbons (Fsp3) is 1.00. The molecule has 0 radical (unpaired) electrons. The van der Waals surface area contributed by atoms with E-state index in [4.69, 9.17) is 5.11 Å². The van der Waals surface area contributed by atoms with Crippen LogP contribution in [0.2, 0.25) is 0 Å². The van der Waals surface area contributed by atoms with Crippen molar-refractivity contribution < 1.29 is 56.5 Å². The first kappa shape index (κ1) is 11.4. The van der Waals surface area contributed by atoms with Crippen molar-refractivity contribution in [3.63, 3.8) is 0 Å². The molecule has 0 aliphatic heterocycles. The minimum atomic E-state index is -0.458. The molecule has 0 rings (SSSR count). The van der Waals surface area contributed by atoms with Gasteiger partial charge in [0, 0.05) is 0 Å². The molecule has 0 unspecified atom stereocenters. The summed E-state index contributed by atoms with van der Waals surface area (Å²) in [4.78, 5) is 0. The predicted octanol–water partition coefficient (Wildman–Crippen LogP) is -1.83. The van der Waals surface area contributed by atoms with E-state index in [2.05, 4.69) is 0 Å². The second-order valence-electron chi connectivity index (χ2n) is 2.17. The SMILES string of the molecule is CCC(C)(C)O.[K+]. The van der Waals surface area contributed by atoms with Crippen LogP contribution in [0.3, 0.4) is 0 Å². The maximum atomic E-state index is 8.83. The van der Waals surface area contributed by atoms with Crippen LogP contribution in [0.4, 0.5) is 0 Å². The quantitative estimate of drug-likeness (QED) is 0.411. The van der Waals surface area contributed by atoms with Gasteiger partial charge in [-0.3, -0.25) is 0 Å². The molecule has 2 heteroatoms. The minimum Gasteiger partial charge on any atom is -0.390 e. The molecule has 0 aliphatic rings. The molecule has 0 aliphatic carbocycles. The number of hydrogen-bond donors (Lipinski definition) is 1. The van der Waals surface area contributed by atoms with E-state index in [0.29, 0.717) is 0 Å². The van der Waals surface area contributed by atoms with Crippen LogP contribution in [0.5, 0.6) is 0 Å². The summed E-state index contributed by atoms with van der Waals surface area (Å²) in [6, 6.07) is 0. The van der Waals surface area contributed by atoms with E-state index in [0.717, 1.165) is 6.42 Å². The Morgan fingerprint density at radius 3 is 1.57 bits per heavy atom. The number of aliphatic hydroxyl groups is 1. The zero-order chi connectivity index (χ0) is 5.21. The van der Waals surface area contributed by atoms with Crippen molar-refractivity contribution in [2.45, 2.75) is 32.8 Å². The van der Waals surface area contributed by atoms with Crippen molar-refractivity contribution in [3.05, 3.63) is 0 Å². The summed E-state index contributed by atoms with van der Waals surface area (Å²) in [6.07, 6.45) is 0.826. The fourth-order valence-electron chi connectivity index (χ4n) is 0. The van der Waals surface area contributed by atoms with Gasteiger partial charge in [-0.1, -0.05) is 6.92 Å². The Morgan fingerprint density at radius 2 is 1.57 bits per heavy atom. The molecule has 0 aromatic heterocycles. The van der Waals surface area contributed by atoms with Crippen molar-refractivity contribution in [1.29, 1.82) is 0 Å². The fourth-order valence-corrected chi connectivity index (χ4v) is 0. The van der Waals surface area contributed by atoms with E-state index in [-0.39, 0.29) is 51.4 Å². The maximum Gasteiger partial charge on any atom is 1.00 e. The minimum absolute atomic E-state index is 0. The predicted molar refractivity (Wildman–Crippen MR) is 26.6 cm³/mol. The van der Waals surface area contributed by atoms with Gasteiger partial charge in [-0.05, 0) is 20.3 Å². The van der Waals surface area contributed by atoms with Crippen molar-refractivity contribution in [2.24, 2.45) is 0 Å². The van der Waals surface area contributed by atoms with E-state index in [1.165, 1.54) is 0 Å². The summed E-state index contributed by atoms with van der Waals surface area (Å²) in [6.45, 7) is 5.56. The van der Waals surface area contributed by atoms with Crippen molar-refractivity contribution in [3.8, 4) is 0 Å². The molecule has 0 bridgehead atoms. The number of rotatable bonds is 1. The summed E-state index contributed by atoms with van der Waals surface area (Å²) in [5.41, 5.74) is -0.458. The van der Waals surface area contributed by atoms with E-state index >= 15 is 0 Å². The van der Waals surface area contributed by atoms with Gasteiger partial charge in [0.25, 0.3) is 0 Å². The Hall–Kier alpha value is 1.60. The average Bonchev–Trinajstić information content (AvgIpc) is 1.35. The summed E-state index contributed by atoms with van der Waals surface area (Å²) >= 11 is 0. The standard InChI is InChI=1S/C5H12O.K/c1-4-5(2,3)6;/h6H,4H2,1-3H3;/q;+1. The monoisotopic (exact) mass is 127 g/mol. The van der Waals surface area contributed by atoms with Gasteiger partial charge in [0.05, 0.1) is 5.60 Å². The molecule has 38 valence electrons. The molecule has 0 amide bonds. The van der Waals surface area contributed by atoms with Gasteiger partial charge >= 0.3 is 51.4 Å². The normalized spacial score (nSPS) is 10.3. The Kier molecular flexibility index (Phi) is 7.28. The van der Waals surface area contributed by atoms with E-state index in [9.17, 15) is 0 Å². The molecule has 0 fully saturated rings. The van der Waals surface area contributed by atoms with Gasteiger partial charge in [0.15, 0.2) is 0 Å². The van der Waals surface area contributed by atoms with E-state index < -0.39 is 5.60 Å². The third-order valence-corrected chi connectivity index (χ3v) is 0.865. The molecular weight excluding hydrogens is 115 g/mol. The molecule has 0 saturated heterocycles. The van der Waals surface area contributed by atoms with Crippen molar-refractivity contribution >= 4 is 0 Å². The Labute approximate surface area is 87.9 Å². The molecule has 0 spiro atoms. The molecular formula is C5H12KO+. The first-order chi connectivity index (χ1) is 2.56. The zero-order valence-corrected chi connectivity index (χ0v) is 8.78. The Balaban J connectivity index is 0. The summed E-state index contributed by atoms with van der Waals surface area (Å²) < 4.78 is 0. The third kappa shape index (κ3) is 11.3. The van der Waals surface area contributed by atoms with Gasteiger partial charge < -0.3 is 5.11 Å². The van der Waals surface area contributed by atoms with Crippen molar-refractivity contribution in [1.82, 2.24) is 0 Å². The molecule has 0 heterocycles. The van der Waals surface area contributed by atoms with Crippen LogP contribution in [-0.4, -0.2) is 10.7 Å². The van der Waals surface area contributed by atoms with Crippen LogP contribution in [0, 0.1) is 0 Å². The summed E-state index contributed by atoms with van der Waals surface area (Å²) in [5.74, 6) is 0. The van der Waals surface area contributed by atoms with Crippen LogP contribution < -0.4 is 51.4 Å². The van der Waals surface area contributed by atoms with Gasteiger partial charge in [0.1, 0.15) is 0 Å². The summed E-state index contributed by atoms with van der Waals surface area (Å²) in [5, 5.41) is 8.83. The van der Waals surface area contributed by atoms with E-state index in [1.807, 2.05) is 6.92 Å². The first-order valence-corrected chi connectivity index (χ1v) is 2.28. The molecule has 0 aromatic rings. The van der Waals surface area contributed by atoms with Crippen LogP contribution in [0.15, 0.2) is 0 Å². The molecule has 1 nitrogen and oxygen atoms in total. The first-order valence-electron chi connectivity index (χ1n) is 2.28. The van der Waals surface area contributed by atoms with Crippen molar-refractivity contribution in [2.75, 3.05) is 0 Å². The Bertz CT molecular complexity index is 37.8. The molecule has 0 atom stereocenters. The largest absolute Gasteiger partial charge is 1.00 e. The van der Waals surface area contributed by atoms with E-state index in [1.54, 1.807) is 13.8 Å².